The van der Waals surface area contributed by atoms with Crippen LogP contribution in [0.2, 0.25) is 0 Å². The maximum absolute atomic E-state index is 12.3. The number of benzene rings is 1. The van der Waals surface area contributed by atoms with E-state index in [-0.39, 0.29) is 6.03 Å². The lowest BCUT2D eigenvalue weighted by atomic mass is 10.2. The lowest BCUT2D eigenvalue weighted by Gasteiger charge is -2.34. The average Bonchev–Trinajstić information content (AvgIpc) is 3.24. The van der Waals surface area contributed by atoms with Crippen molar-refractivity contribution in [2.75, 3.05) is 44.3 Å². The van der Waals surface area contributed by atoms with E-state index in [0.29, 0.717) is 11.8 Å². The number of carbonyl (C=O) groups excluding carboxylic acids is 1. The van der Waals surface area contributed by atoms with Crippen LogP contribution >= 0.6 is 11.8 Å². The van der Waals surface area contributed by atoms with Crippen LogP contribution in [0.25, 0.3) is 0 Å². The first kappa shape index (κ1) is 19.9. The SMILES string of the molecule is CCC1CN(C(=NC)NCc2cccc(NC(=O)N3CCCC3)c2)CCS1. The first-order valence-corrected chi connectivity index (χ1v) is 11.0. The van der Waals surface area contributed by atoms with Crippen molar-refractivity contribution in [3.05, 3.63) is 29.8 Å². The Kier molecular flexibility index (Phi) is 7.26. The number of anilines is 1. The molecular weight excluding hydrogens is 358 g/mol. The second-order valence-electron chi connectivity index (χ2n) is 7.07. The predicted octanol–water partition coefficient (Wildman–Crippen LogP) is 3.22. The summed E-state index contributed by atoms with van der Waals surface area (Å²) in [6.45, 7) is 6.74. The van der Waals surface area contributed by atoms with Gasteiger partial charge in [0, 0.05) is 56.5 Å². The van der Waals surface area contributed by atoms with Crippen molar-refractivity contribution in [3.63, 3.8) is 0 Å². The predicted molar refractivity (Wildman–Crippen MR) is 115 cm³/mol. The lowest BCUT2D eigenvalue weighted by Crippen LogP contribution is -2.47. The standard InChI is InChI=1S/C20H31N5OS/c1-3-18-15-25(11-12-27-18)19(21-2)22-14-16-7-6-8-17(13-16)23-20(26)24-9-4-5-10-24/h6-8,13,18H,3-5,9-12,14-15H2,1-2H3,(H,21,22)(H,23,26). The van der Waals surface area contributed by atoms with Gasteiger partial charge in [-0.1, -0.05) is 19.1 Å². The number of carbonyl (C=O) groups is 1. The van der Waals surface area contributed by atoms with E-state index < -0.39 is 0 Å². The second kappa shape index (κ2) is 9.88. The summed E-state index contributed by atoms with van der Waals surface area (Å²) in [4.78, 5) is 21.0. The minimum Gasteiger partial charge on any atom is -0.352 e. The van der Waals surface area contributed by atoms with Crippen LogP contribution in [0, 0.1) is 0 Å². The highest BCUT2D eigenvalue weighted by molar-refractivity contribution is 8.00. The fraction of sp³-hybridized carbons (Fsp3) is 0.600. The Morgan fingerprint density at radius 3 is 2.81 bits per heavy atom. The highest BCUT2D eigenvalue weighted by Crippen LogP contribution is 2.21. The molecule has 0 aromatic heterocycles. The topological polar surface area (TPSA) is 60.0 Å². The van der Waals surface area contributed by atoms with Crippen LogP contribution in [0.4, 0.5) is 10.5 Å². The lowest BCUT2D eigenvalue weighted by molar-refractivity contribution is 0.222. The number of aliphatic imine (C=N–C) groups is 1. The van der Waals surface area contributed by atoms with Crippen molar-refractivity contribution in [2.24, 2.45) is 4.99 Å². The van der Waals surface area contributed by atoms with Gasteiger partial charge in [-0.25, -0.2) is 4.79 Å². The van der Waals surface area contributed by atoms with Gasteiger partial charge in [-0.05, 0) is 37.0 Å². The summed E-state index contributed by atoms with van der Waals surface area (Å²) >= 11 is 2.06. The second-order valence-corrected chi connectivity index (χ2v) is 8.48. The molecule has 2 aliphatic heterocycles. The van der Waals surface area contributed by atoms with Crippen molar-refractivity contribution < 1.29 is 4.79 Å². The molecule has 0 saturated carbocycles. The van der Waals surface area contributed by atoms with Gasteiger partial charge in [0.1, 0.15) is 0 Å². The molecule has 2 amide bonds. The van der Waals surface area contributed by atoms with Gasteiger partial charge < -0.3 is 20.4 Å². The molecular formula is C20H31N5OS. The maximum Gasteiger partial charge on any atom is 0.321 e. The number of urea groups is 1. The van der Waals surface area contributed by atoms with Crippen LogP contribution in [-0.2, 0) is 6.54 Å². The molecule has 2 aliphatic rings. The highest BCUT2D eigenvalue weighted by atomic mass is 32.2. The Bertz CT molecular complexity index is 660. The van der Waals surface area contributed by atoms with Gasteiger partial charge in [-0.15, -0.1) is 0 Å². The number of amides is 2. The summed E-state index contributed by atoms with van der Waals surface area (Å²) in [7, 11) is 1.84. The average molecular weight is 390 g/mol. The van der Waals surface area contributed by atoms with Crippen LogP contribution in [0.5, 0.6) is 0 Å². The van der Waals surface area contributed by atoms with Gasteiger partial charge in [0.15, 0.2) is 5.96 Å². The molecule has 2 fully saturated rings. The van der Waals surface area contributed by atoms with Gasteiger partial charge in [-0.2, -0.15) is 11.8 Å². The minimum absolute atomic E-state index is 0.00448. The number of hydrogen-bond donors (Lipinski definition) is 2. The van der Waals surface area contributed by atoms with Gasteiger partial charge in [-0.3, -0.25) is 4.99 Å². The number of rotatable bonds is 4. The van der Waals surface area contributed by atoms with Crippen LogP contribution in [-0.4, -0.2) is 66.0 Å². The van der Waals surface area contributed by atoms with Crippen LogP contribution in [0.15, 0.2) is 29.3 Å². The van der Waals surface area contributed by atoms with E-state index >= 15 is 0 Å². The number of nitrogens with one attached hydrogen (secondary N) is 2. The van der Waals surface area contributed by atoms with Crippen LogP contribution < -0.4 is 10.6 Å². The Hall–Kier alpha value is -1.89. The molecule has 3 rings (SSSR count). The third-order valence-electron chi connectivity index (χ3n) is 5.13. The first-order chi connectivity index (χ1) is 13.2. The molecule has 1 aromatic carbocycles. The molecule has 148 valence electrons. The smallest absolute Gasteiger partial charge is 0.321 e. The molecule has 0 bridgehead atoms. The zero-order valence-corrected chi connectivity index (χ0v) is 17.2. The molecule has 6 nitrogen and oxygen atoms in total. The summed E-state index contributed by atoms with van der Waals surface area (Å²) in [5.41, 5.74) is 1.98. The highest BCUT2D eigenvalue weighted by Gasteiger charge is 2.21. The molecule has 2 heterocycles. The third-order valence-corrected chi connectivity index (χ3v) is 6.50. The van der Waals surface area contributed by atoms with E-state index in [1.54, 1.807) is 0 Å². The van der Waals surface area contributed by atoms with Gasteiger partial charge in [0.2, 0.25) is 0 Å². The molecule has 0 radical (unpaired) electrons. The van der Waals surface area contributed by atoms with Crippen molar-refractivity contribution >= 4 is 29.4 Å². The van der Waals surface area contributed by atoms with E-state index in [1.165, 1.54) is 6.42 Å². The number of hydrogen-bond acceptors (Lipinski definition) is 3. The van der Waals surface area contributed by atoms with Gasteiger partial charge >= 0.3 is 6.03 Å². The molecule has 2 saturated heterocycles. The Morgan fingerprint density at radius 1 is 1.26 bits per heavy atom. The molecule has 1 aromatic rings. The Labute approximate surface area is 166 Å². The van der Waals surface area contributed by atoms with E-state index in [0.717, 1.165) is 62.0 Å². The zero-order chi connectivity index (χ0) is 19.1. The summed E-state index contributed by atoms with van der Waals surface area (Å²) in [5, 5.41) is 7.18. The van der Waals surface area contributed by atoms with Crippen LogP contribution in [0.3, 0.4) is 0 Å². The fourth-order valence-corrected chi connectivity index (χ4v) is 4.73. The zero-order valence-electron chi connectivity index (χ0n) is 16.4. The quantitative estimate of drug-likeness (QED) is 0.613. The largest absolute Gasteiger partial charge is 0.352 e. The Balaban J connectivity index is 1.54. The first-order valence-electron chi connectivity index (χ1n) is 9.91. The number of likely N-dealkylation sites (tertiary alicyclic amines) is 1. The summed E-state index contributed by atoms with van der Waals surface area (Å²) in [6.07, 6.45) is 3.39. The van der Waals surface area contributed by atoms with E-state index in [4.69, 9.17) is 0 Å². The van der Waals surface area contributed by atoms with Crippen LogP contribution in [0.1, 0.15) is 31.7 Å². The van der Waals surface area contributed by atoms with E-state index in [9.17, 15) is 4.79 Å². The number of thioether (sulfide) groups is 1. The van der Waals surface area contributed by atoms with Crippen molar-refractivity contribution in [1.82, 2.24) is 15.1 Å². The molecule has 1 unspecified atom stereocenters. The van der Waals surface area contributed by atoms with Gasteiger partial charge in [0.25, 0.3) is 0 Å². The van der Waals surface area contributed by atoms with Crippen molar-refractivity contribution in [3.8, 4) is 0 Å². The molecule has 27 heavy (non-hydrogen) atoms. The summed E-state index contributed by atoms with van der Waals surface area (Å²) in [6, 6.07) is 8.05. The molecule has 2 N–H and O–H groups in total. The normalized spacial score (nSPS) is 20.7. The van der Waals surface area contributed by atoms with Crippen molar-refractivity contribution in [2.45, 2.75) is 38.0 Å². The maximum atomic E-state index is 12.3. The number of guanidine groups is 1. The molecule has 1 atom stereocenters. The third kappa shape index (κ3) is 5.54. The molecule has 0 aliphatic carbocycles. The monoisotopic (exact) mass is 389 g/mol. The number of nitrogens with zero attached hydrogens (tertiary/aromatic N) is 3. The summed E-state index contributed by atoms with van der Waals surface area (Å²) < 4.78 is 0. The van der Waals surface area contributed by atoms with Crippen molar-refractivity contribution in [1.29, 1.82) is 0 Å². The summed E-state index contributed by atoms with van der Waals surface area (Å²) in [5.74, 6) is 2.11. The van der Waals surface area contributed by atoms with E-state index in [1.807, 2.05) is 30.1 Å². The van der Waals surface area contributed by atoms with E-state index in [2.05, 4.69) is 45.3 Å². The molecule has 0 spiro atoms. The molecule has 7 heteroatoms. The Morgan fingerprint density at radius 2 is 2.07 bits per heavy atom. The minimum atomic E-state index is 0.00448. The van der Waals surface area contributed by atoms with Gasteiger partial charge in [0.05, 0.1) is 0 Å². The fourth-order valence-electron chi connectivity index (χ4n) is 3.55.